The molecule has 6 heteroatoms. The van der Waals surface area contributed by atoms with Crippen LogP contribution in [0.15, 0.2) is 22.7 Å². The Kier molecular flexibility index (Phi) is 4.47. The number of alkyl halides is 1. The third-order valence-electron chi connectivity index (χ3n) is 2.86. The third kappa shape index (κ3) is 3.09. The van der Waals surface area contributed by atoms with E-state index in [-0.39, 0.29) is 11.3 Å². The highest BCUT2D eigenvalue weighted by atomic mass is 79.9. The number of rotatable bonds is 4. The van der Waals surface area contributed by atoms with Crippen LogP contribution >= 0.6 is 27.5 Å². The van der Waals surface area contributed by atoms with Crippen molar-refractivity contribution in [1.29, 1.82) is 0 Å². The summed E-state index contributed by atoms with van der Waals surface area (Å²) in [5.74, 6) is 0.517. The molecule has 4 nitrogen and oxygen atoms in total. The van der Waals surface area contributed by atoms with Gasteiger partial charge in [-0.2, -0.15) is 0 Å². The molecular weight excluding hydrogens is 332 g/mol. The number of esters is 1. The maximum atomic E-state index is 11.3. The molecule has 0 aliphatic rings. The van der Waals surface area contributed by atoms with Crippen molar-refractivity contribution in [2.45, 2.75) is 25.3 Å². The first-order valence-electron chi connectivity index (χ1n) is 5.89. The standard InChI is InChI=1S/C13H14BrClN2O2/c1-8(15)13-16-10-4-3-9(14)7-11(10)17(13)6-5-12(18)19-2/h3-4,7-8H,5-6H2,1-2H3. The lowest BCUT2D eigenvalue weighted by atomic mass is 10.3. The molecule has 0 aliphatic carbocycles. The summed E-state index contributed by atoms with van der Waals surface area (Å²) in [7, 11) is 1.38. The van der Waals surface area contributed by atoms with E-state index in [1.54, 1.807) is 0 Å². The molecule has 102 valence electrons. The third-order valence-corrected chi connectivity index (χ3v) is 3.55. The molecule has 0 bridgehead atoms. The van der Waals surface area contributed by atoms with Gasteiger partial charge in [0.25, 0.3) is 0 Å². The lowest BCUT2D eigenvalue weighted by molar-refractivity contribution is -0.140. The minimum absolute atomic E-state index is 0.219. The molecule has 1 atom stereocenters. The van der Waals surface area contributed by atoms with Gasteiger partial charge in [-0.05, 0) is 25.1 Å². The fourth-order valence-corrected chi connectivity index (χ4v) is 2.47. The van der Waals surface area contributed by atoms with Crippen LogP contribution in [-0.4, -0.2) is 22.6 Å². The monoisotopic (exact) mass is 344 g/mol. The number of hydrogen-bond acceptors (Lipinski definition) is 3. The Bertz CT molecular complexity index is 610. The number of carbonyl (C=O) groups is 1. The largest absolute Gasteiger partial charge is 0.469 e. The molecule has 1 unspecified atom stereocenters. The smallest absolute Gasteiger partial charge is 0.307 e. The fourth-order valence-electron chi connectivity index (χ4n) is 1.96. The summed E-state index contributed by atoms with van der Waals surface area (Å²) in [6.45, 7) is 2.37. The fraction of sp³-hybridized carbons (Fsp3) is 0.385. The number of halogens is 2. The SMILES string of the molecule is COC(=O)CCn1c(C(C)Cl)nc2ccc(Br)cc21. The van der Waals surface area contributed by atoms with Gasteiger partial charge in [0.05, 0.1) is 29.9 Å². The molecule has 0 saturated heterocycles. The molecular formula is C13H14BrClN2O2. The molecule has 2 aromatic rings. The van der Waals surface area contributed by atoms with Gasteiger partial charge in [-0.15, -0.1) is 11.6 Å². The van der Waals surface area contributed by atoms with E-state index in [2.05, 4.69) is 25.7 Å². The molecule has 0 aliphatic heterocycles. The number of methoxy groups -OCH3 is 1. The summed E-state index contributed by atoms with van der Waals surface area (Å²) in [6, 6.07) is 5.84. The van der Waals surface area contributed by atoms with Crippen molar-refractivity contribution in [1.82, 2.24) is 9.55 Å². The van der Waals surface area contributed by atoms with Crippen molar-refractivity contribution in [2.75, 3.05) is 7.11 Å². The van der Waals surface area contributed by atoms with Crippen molar-refractivity contribution in [3.8, 4) is 0 Å². The molecule has 0 spiro atoms. The molecule has 1 aromatic heterocycles. The van der Waals surface area contributed by atoms with Gasteiger partial charge in [-0.1, -0.05) is 15.9 Å². The van der Waals surface area contributed by atoms with Crippen molar-refractivity contribution < 1.29 is 9.53 Å². The van der Waals surface area contributed by atoms with Crippen LogP contribution in [-0.2, 0) is 16.1 Å². The van der Waals surface area contributed by atoms with Crippen molar-refractivity contribution in [3.63, 3.8) is 0 Å². The Labute approximate surface area is 124 Å². The second-order valence-electron chi connectivity index (χ2n) is 4.20. The second kappa shape index (κ2) is 5.92. The number of fused-ring (bicyclic) bond motifs is 1. The topological polar surface area (TPSA) is 44.1 Å². The molecule has 0 radical (unpaired) electrons. The van der Waals surface area contributed by atoms with Crippen molar-refractivity contribution in [3.05, 3.63) is 28.5 Å². The molecule has 19 heavy (non-hydrogen) atoms. The predicted molar refractivity (Wildman–Crippen MR) is 78.3 cm³/mol. The lowest BCUT2D eigenvalue weighted by Crippen LogP contribution is -2.10. The van der Waals surface area contributed by atoms with Gasteiger partial charge >= 0.3 is 5.97 Å². The van der Waals surface area contributed by atoms with Gasteiger partial charge in [0.1, 0.15) is 5.82 Å². The van der Waals surface area contributed by atoms with Gasteiger partial charge in [0, 0.05) is 11.0 Å². The van der Waals surface area contributed by atoms with E-state index < -0.39 is 0 Å². The van der Waals surface area contributed by atoms with E-state index in [0.717, 1.165) is 21.3 Å². The summed E-state index contributed by atoms with van der Waals surface area (Å²) in [5.41, 5.74) is 1.83. The molecule has 0 fully saturated rings. The molecule has 1 heterocycles. The van der Waals surface area contributed by atoms with Crippen LogP contribution in [0.5, 0.6) is 0 Å². The molecule has 1 aromatic carbocycles. The van der Waals surface area contributed by atoms with Crippen LogP contribution in [0.25, 0.3) is 11.0 Å². The van der Waals surface area contributed by atoms with E-state index in [1.165, 1.54) is 7.11 Å². The average Bonchev–Trinajstić information content (AvgIpc) is 2.74. The Morgan fingerprint density at radius 3 is 2.95 bits per heavy atom. The average molecular weight is 346 g/mol. The van der Waals surface area contributed by atoms with Crippen molar-refractivity contribution >= 4 is 44.5 Å². The van der Waals surface area contributed by atoms with Crippen LogP contribution in [0.1, 0.15) is 24.5 Å². The Morgan fingerprint density at radius 1 is 1.58 bits per heavy atom. The van der Waals surface area contributed by atoms with E-state index in [0.29, 0.717) is 13.0 Å². The second-order valence-corrected chi connectivity index (χ2v) is 5.77. The Morgan fingerprint density at radius 2 is 2.32 bits per heavy atom. The summed E-state index contributed by atoms with van der Waals surface area (Å²) >= 11 is 9.60. The maximum absolute atomic E-state index is 11.3. The molecule has 0 N–H and O–H groups in total. The number of hydrogen-bond donors (Lipinski definition) is 0. The quantitative estimate of drug-likeness (QED) is 0.627. The van der Waals surface area contributed by atoms with Crippen molar-refractivity contribution in [2.24, 2.45) is 0 Å². The van der Waals surface area contributed by atoms with Crippen LogP contribution in [0.4, 0.5) is 0 Å². The molecule has 2 rings (SSSR count). The van der Waals surface area contributed by atoms with Crippen LogP contribution in [0.3, 0.4) is 0 Å². The first-order chi connectivity index (χ1) is 9.02. The van der Waals surface area contributed by atoms with E-state index in [9.17, 15) is 4.79 Å². The lowest BCUT2D eigenvalue weighted by Gasteiger charge is -2.09. The van der Waals surface area contributed by atoms with Gasteiger partial charge in [-0.3, -0.25) is 4.79 Å². The zero-order valence-electron chi connectivity index (χ0n) is 10.7. The highest BCUT2D eigenvalue weighted by molar-refractivity contribution is 9.10. The number of nitrogens with zero attached hydrogens (tertiary/aromatic N) is 2. The van der Waals surface area contributed by atoms with Gasteiger partial charge in [0.15, 0.2) is 0 Å². The summed E-state index contributed by atoms with van der Waals surface area (Å²) in [4.78, 5) is 15.8. The number of ether oxygens (including phenoxy) is 1. The van der Waals surface area contributed by atoms with Gasteiger partial charge in [0.2, 0.25) is 0 Å². The normalized spacial score (nSPS) is 12.6. The number of carbonyl (C=O) groups excluding carboxylic acids is 1. The molecule has 0 amide bonds. The van der Waals surface area contributed by atoms with Crippen LogP contribution < -0.4 is 0 Å². The summed E-state index contributed by atoms with van der Waals surface area (Å²) < 4.78 is 7.60. The van der Waals surface area contributed by atoms with Crippen LogP contribution in [0.2, 0.25) is 0 Å². The first kappa shape index (κ1) is 14.3. The predicted octanol–water partition coefficient (Wildman–Crippen LogP) is 3.66. The van der Waals surface area contributed by atoms with E-state index >= 15 is 0 Å². The summed E-state index contributed by atoms with van der Waals surface area (Å²) in [5, 5.41) is -0.219. The number of benzene rings is 1. The minimum atomic E-state index is -0.245. The zero-order chi connectivity index (χ0) is 14.0. The maximum Gasteiger partial charge on any atom is 0.307 e. The highest BCUT2D eigenvalue weighted by Gasteiger charge is 2.16. The van der Waals surface area contributed by atoms with Gasteiger partial charge < -0.3 is 9.30 Å². The first-order valence-corrected chi connectivity index (χ1v) is 7.12. The van der Waals surface area contributed by atoms with E-state index in [4.69, 9.17) is 11.6 Å². The van der Waals surface area contributed by atoms with Crippen LogP contribution in [0, 0.1) is 0 Å². The van der Waals surface area contributed by atoms with E-state index in [1.807, 2.05) is 29.7 Å². The summed E-state index contributed by atoms with van der Waals surface area (Å²) in [6.07, 6.45) is 0.297. The number of imidazole rings is 1. The zero-order valence-corrected chi connectivity index (χ0v) is 13.0. The highest BCUT2D eigenvalue weighted by Crippen LogP contribution is 2.27. The Balaban J connectivity index is 2.45. The Hall–Kier alpha value is -1.07. The number of aryl methyl sites for hydroxylation is 1. The number of aromatic nitrogens is 2. The molecule has 0 saturated carbocycles. The van der Waals surface area contributed by atoms with Gasteiger partial charge in [-0.25, -0.2) is 4.98 Å². The minimum Gasteiger partial charge on any atom is -0.469 e.